The molecule has 3 aromatic rings. The van der Waals surface area contributed by atoms with Crippen LogP contribution in [0.5, 0.6) is 0 Å². The van der Waals surface area contributed by atoms with Crippen LogP contribution in [0, 0.1) is 12.7 Å². The van der Waals surface area contributed by atoms with Crippen molar-refractivity contribution in [1.82, 2.24) is 15.1 Å². The van der Waals surface area contributed by atoms with Gasteiger partial charge in [-0.25, -0.2) is 4.39 Å². The summed E-state index contributed by atoms with van der Waals surface area (Å²) in [5.74, 6) is -0.108. The lowest BCUT2D eigenvalue weighted by Gasteiger charge is -2.31. The lowest BCUT2D eigenvalue weighted by molar-refractivity contribution is 0.325. The van der Waals surface area contributed by atoms with Crippen molar-refractivity contribution in [1.29, 1.82) is 0 Å². The number of nitrogens with zero attached hydrogens (tertiary/aromatic N) is 2. The number of halogens is 1. The topological polar surface area (TPSA) is 29.9 Å². The third-order valence-corrected chi connectivity index (χ3v) is 5.84. The average molecular weight is 363 g/mol. The lowest BCUT2D eigenvalue weighted by atomic mass is 9.87. The second-order valence-corrected chi connectivity index (χ2v) is 7.52. The van der Waals surface area contributed by atoms with E-state index >= 15 is 0 Å². The summed E-state index contributed by atoms with van der Waals surface area (Å²) in [4.78, 5) is 0. The molecule has 1 saturated carbocycles. The number of hydrogen-bond donors (Lipinski definition) is 1. The molecule has 140 valence electrons. The highest BCUT2D eigenvalue weighted by Crippen LogP contribution is 2.40. The maximum Gasteiger partial charge on any atom is 0.128 e. The molecule has 1 aliphatic carbocycles. The summed E-state index contributed by atoms with van der Waals surface area (Å²) < 4.78 is 16.5. The van der Waals surface area contributed by atoms with E-state index in [4.69, 9.17) is 0 Å². The first-order valence-corrected chi connectivity index (χ1v) is 9.73. The first-order valence-electron chi connectivity index (χ1n) is 9.73. The Morgan fingerprint density at radius 3 is 2.48 bits per heavy atom. The second-order valence-electron chi connectivity index (χ2n) is 7.52. The molecule has 2 aromatic carbocycles. The van der Waals surface area contributed by atoms with Crippen LogP contribution in [0.3, 0.4) is 0 Å². The summed E-state index contributed by atoms with van der Waals surface area (Å²) in [6.07, 6.45) is 6.16. The molecule has 0 atom stereocenters. The van der Waals surface area contributed by atoms with E-state index in [0.717, 1.165) is 43.5 Å². The molecule has 1 heterocycles. The Morgan fingerprint density at radius 1 is 1.04 bits per heavy atom. The van der Waals surface area contributed by atoms with Crippen LogP contribution in [0.1, 0.15) is 48.1 Å². The number of aromatic nitrogens is 2. The molecule has 3 nitrogen and oxygen atoms in total. The number of benzene rings is 2. The van der Waals surface area contributed by atoms with Crippen LogP contribution >= 0.6 is 0 Å². The molecule has 0 aliphatic heterocycles. The van der Waals surface area contributed by atoms with Crippen LogP contribution in [-0.4, -0.2) is 9.78 Å². The van der Waals surface area contributed by atoms with Gasteiger partial charge >= 0.3 is 0 Å². The normalized spacial score (nSPS) is 15.9. The smallest absolute Gasteiger partial charge is 0.128 e. The molecule has 0 spiro atoms. The molecule has 0 radical (unpaired) electrons. The van der Waals surface area contributed by atoms with Crippen LogP contribution in [-0.2, 0) is 18.6 Å². The SMILES string of the molecule is Cc1c(CNC2(c3ccccc3F)CCCC2)cnn1Cc1ccccc1. The van der Waals surface area contributed by atoms with Gasteiger partial charge in [0.05, 0.1) is 12.7 Å². The van der Waals surface area contributed by atoms with Gasteiger partial charge in [0.2, 0.25) is 0 Å². The molecule has 1 aliphatic rings. The third-order valence-electron chi connectivity index (χ3n) is 5.84. The highest BCUT2D eigenvalue weighted by atomic mass is 19.1. The molecule has 0 bridgehead atoms. The van der Waals surface area contributed by atoms with Crippen LogP contribution in [0.2, 0.25) is 0 Å². The minimum absolute atomic E-state index is 0.108. The maximum absolute atomic E-state index is 14.5. The highest BCUT2D eigenvalue weighted by molar-refractivity contribution is 5.28. The molecule has 0 unspecified atom stereocenters. The van der Waals surface area contributed by atoms with Crippen molar-refractivity contribution in [3.8, 4) is 0 Å². The van der Waals surface area contributed by atoms with E-state index < -0.39 is 0 Å². The van der Waals surface area contributed by atoms with Crippen molar-refractivity contribution in [2.45, 2.75) is 51.2 Å². The minimum atomic E-state index is -0.265. The van der Waals surface area contributed by atoms with Crippen molar-refractivity contribution in [3.05, 3.63) is 89.0 Å². The van der Waals surface area contributed by atoms with Gasteiger partial charge in [0.15, 0.2) is 0 Å². The maximum atomic E-state index is 14.5. The Kier molecular flexibility index (Phi) is 5.08. The van der Waals surface area contributed by atoms with Gasteiger partial charge in [0.1, 0.15) is 5.82 Å². The molecule has 27 heavy (non-hydrogen) atoms. The van der Waals surface area contributed by atoms with Crippen molar-refractivity contribution in [2.75, 3.05) is 0 Å². The van der Waals surface area contributed by atoms with Crippen molar-refractivity contribution in [2.24, 2.45) is 0 Å². The molecule has 4 rings (SSSR count). The fourth-order valence-electron chi connectivity index (χ4n) is 4.21. The van der Waals surface area contributed by atoms with Gasteiger partial charge in [-0.15, -0.1) is 0 Å². The number of hydrogen-bond acceptors (Lipinski definition) is 2. The average Bonchev–Trinajstić information content (AvgIpc) is 3.30. The van der Waals surface area contributed by atoms with Gasteiger partial charge < -0.3 is 5.32 Å². The Hall–Kier alpha value is -2.46. The third kappa shape index (κ3) is 3.67. The Morgan fingerprint density at radius 2 is 1.74 bits per heavy atom. The van der Waals surface area contributed by atoms with Gasteiger partial charge in [-0.1, -0.05) is 61.4 Å². The summed E-state index contributed by atoms with van der Waals surface area (Å²) in [5, 5.41) is 8.27. The summed E-state index contributed by atoms with van der Waals surface area (Å²) in [5.41, 5.74) is 4.11. The van der Waals surface area contributed by atoms with Gasteiger partial charge in [-0.3, -0.25) is 4.68 Å². The zero-order valence-corrected chi connectivity index (χ0v) is 15.8. The van der Waals surface area contributed by atoms with E-state index in [1.54, 1.807) is 12.1 Å². The molecular weight excluding hydrogens is 337 g/mol. The van der Waals surface area contributed by atoms with Crippen LogP contribution in [0.4, 0.5) is 4.39 Å². The molecule has 1 aromatic heterocycles. The fraction of sp³-hybridized carbons (Fsp3) is 0.348. The summed E-state index contributed by atoms with van der Waals surface area (Å²) in [6.45, 7) is 3.58. The Bertz CT molecular complexity index is 895. The van der Waals surface area contributed by atoms with E-state index in [-0.39, 0.29) is 11.4 Å². The highest BCUT2D eigenvalue weighted by Gasteiger charge is 2.37. The number of rotatable bonds is 6. The molecule has 0 amide bonds. The molecular formula is C23H26FN3. The zero-order valence-electron chi connectivity index (χ0n) is 15.8. The lowest BCUT2D eigenvalue weighted by Crippen LogP contribution is -2.40. The van der Waals surface area contributed by atoms with E-state index in [1.165, 1.54) is 11.1 Å². The Labute approximate surface area is 160 Å². The standard InChI is InChI=1S/C23H26FN3/c1-18-20(16-26-27(18)17-19-9-3-2-4-10-19)15-25-23(13-7-8-14-23)21-11-5-6-12-22(21)24/h2-6,9-12,16,25H,7-8,13-15,17H2,1H3. The number of nitrogens with one attached hydrogen (secondary N) is 1. The van der Waals surface area contributed by atoms with Crippen LogP contribution in [0.25, 0.3) is 0 Å². The van der Waals surface area contributed by atoms with Gasteiger partial charge in [0.25, 0.3) is 0 Å². The summed E-state index contributed by atoms with van der Waals surface area (Å²) in [7, 11) is 0. The van der Waals surface area contributed by atoms with Crippen molar-refractivity contribution >= 4 is 0 Å². The van der Waals surface area contributed by atoms with E-state index in [2.05, 4.69) is 41.6 Å². The van der Waals surface area contributed by atoms with Crippen molar-refractivity contribution < 1.29 is 4.39 Å². The first kappa shape index (κ1) is 17.9. The first-order chi connectivity index (χ1) is 13.2. The molecule has 0 saturated heterocycles. The quantitative estimate of drug-likeness (QED) is 0.672. The predicted molar refractivity (Wildman–Crippen MR) is 106 cm³/mol. The van der Waals surface area contributed by atoms with Crippen molar-refractivity contribution in [3.63, 3.8) is 0 Å². The Balaban J connectivity index is 1.52. The van der Waals surface area contributed by atoms with E-state index in [0.29, 0.717) is 6.54 Å². The minimum Gasteiger partial charge on any atom is -0.303 e. The largest absolute Gasteiger partial charge is 0.303 e. The fourth-order valence-corrected chi connectivity index (χ4v) is 4.21. The molecule has 1 fully saturated rings. The van der Waals surface area contributed by atoms with Gasteiger partial charge in [-0.2, -0.15) is 5.10 Å². The van der Waals surface area contributed by atoms with Crippen LogP contribution in [0.15, 0.2) is 60.8 Å². The predicted octanol–water partition coefficient (Wildman–Crippen LogP) is 4.94. The summed E-state index contributed by atoms with van der Waals surface area (Å²) in [6, 6.07) is 17.6. The summed E-state index contributed by atoms with van der Waals surface area (Å²) >= 11 is 0. The molecule has 1 N–H and O–H groups in total. The second kappa shape index (κ2) is 7.65. The van der Waals surface area contributed by atoms with Gasteiger partial charge in [0, 0.05) is 28.9 Å². The van der Waals surface area contributed by atoms with E-state index in [1.807, 2.05) is 29.1 Å². The monoisotopic (exact) mass is 363 g/mol. The molecule has 4 heteroatoms. The van der Waals surface area contributed by atoms with Gasteiger partial charge in [-0.05, 0) is 31.4 Å². The zero-order chi connectivity index (χ0) is 18.7. The van der Waals surface area contributed by atoms with Crippen LogP contribution < -0.4 is 5.32 Å². The van der Waals surface area contributed by atoms with E-state index in [9.17, 15) is 4.39 Å².